The first-order chi connectivity index (χ1) is 11.8. The molecule has 2 aromatic rings. The largest absolute Gasteiger partial charge is 0.461 e. The number of furan rings is 1. The minimum Gasteiger partial charge on any atom is -0.461 e. The number of hydrogen-bond donors (Lipinski definition) is 2. The molecule has 0 aromatic carbocycles. The first-order valence-electron chi connectivity index (χ1n) is 8.27. The summed E-state index contributed by atoms with van der Waals surface area (Å²) < 4.78 is 10.6. The van der Waals surface area contributed by atoms with Gasteiger partial charge in [0.2, 0.25) is 5.82 Å². The van der Waals surface area contributed by atoms with Gasteiger partial charge in [0.05, 0.1) is 12.9 Å². The Morgan fingerprint density at radius 1 is 1.56 bits per heavy atom. The van der Waals surface area contributed by atoms with E-state index in [1.54, 1.807) is 13.4 Å². The smallest absolute Gasteiger partial charge is 0.216 e. The van der Waals surface area contributed by atoms with Crippen molar-refractivity contribution in [2.45, 2.75) is 19.9 Å². The van der Waals surface area contributed by atoms with Gasteiger partial charge < -0.3 is 19.4 Å². The molecule has 0 spiro atoms. The molecule has 0 saturated carbocycles. The van der Waals surface area contributed by atoms with Crippen molar-refractivity contribution in [2.24, 2.45) is 10.9 Å². The topological polar surface area (TPSA) is 91.6 Å². The van der Waals surface area contributed by atoms with Crippen LogP contribution in [0.5, 0.6) is 0 Å². The summed E-state index contributed by atoms with van der Waals surface area (Å²) in [5, 5.41) is 10.4. The monoisotopic (exact) mass is 460 g/mol. The van der Waals surface area contributed by atoms with E-state index in [1.807, 2.05) is 12.1 Å². The average molecular weight is 460 g/mol. The summed E-state index contributed by atoms with van der Waals surface area (Å²) in [4.78, 5) is 11.4. The van der Waals surface area contributed by atoms with Crippen LogP contribution in [0.15, 0.2) is 27.8 Å². The van der Waals surface area contributed by atoms with Crippen molar-refractivity contribution < 1.29 is 9.15 Å². The number of hydrogen-bond acceptors (Lipinski definition) is 5. The number of likely N-dealkylation sites (tertiary alicyclic amines) is 1. The second-order valence-electron chi connectivity index (χ2n) is 5.81. The third-order valence-electron chi connectivity index (χ3n) is 3.97. The molecule has 1 aliphatic rings. The van der Waals surface area contributed by atoms with Crippen LogP contribution in [-0.2, 0) is 11.3 Å². The maximum Gasteiger partial charge on any atom is 0.216 e. The summed E-state index contributed by atoms with van der Waals surface area (Å²) >= 11 is 0. The highest BCUT2D eigenvalue weighted by Gasteiger charge is 2.24. The summed E-state index contributed by atoms with van der Waals surface area (Å²) in [6.45, 7) is 6.10. The highest BCUT2D eigenvalue weighted by atomic mass is 127. The van der Waals surface area contributed by atoms with Crippen LogP contribution in [0.1, 0.15) is 19.2 Å². The van der Waals surface area contributed by atoms with Gasteiger partial charge in [-0.3, -0.25) is 5.10 Å². The van der Waals surface area contributed by atoms with Crippen molar-refractivity contribution in [2.75, 3.05) is 33.4 Å². The number of nitrogens with one attached hydrogen (secondary N) is 2. The minimum atomic E-state index is 0. The van der Waals surface area contributed by atoms with Crippen LogP contribution in [0.4, 0.5) is 0 Å². The fourth-order valence-corrected chi connectivity index (χ4v) is 2.85. The van der Waals surface area contributed by atoms with Crippen LogP contribution < -0.4 is 5.32 Å². The molecule has 25 heavy (non-hydrogen) atoms. The van der Waals surface area contributed by atoms with Gasteiger partial charge >= 0.3 is 0 Å². The third-order valence-corrected chi connectivity index (χ3v) is 3.97. The molecule has 0 aliphatic carbocycles. The number of aromatic amines is 1. The quantitative estimate of drug-likeness (QED) is 0.390. The lowest BCUT2D eigenvalue weighted by Crippen LogP contribution is -2.40. The van der Waals surface area contributed by atoms with Crippen LogP contribution >= 0.6 is 24.0 Å². The molecule has 1 atom stereocenters. The molecule has 0 radical (unpaired) electrons. The van der Waals surface area contributed by atoms with Crippen molar-refractivity contribution in [3.05, 3.63) is 24.2 Å². The molecule has 1 aliphatic heterocycles. The van der Waals surface area contributed by atoms with Gasteiger partial charge in [0.1, 0.15) is 12.4 Å². The number of rotatable bonds is 6. The number of methoxy groups -OCH3 is 1. The number of guanidine groups is 1. The predicted octanol–water partition coefficient (Wildman–Crippen LogP) is 2.12. The van der Waals surface area contributed by atoms with E-state index in [-0.39, 0.29) is 24.0 Å². The van der Waals surface area contributed by atoms with Crippen LogP contribution in [0.3, 0.4) is 0 Å². The van der Waals surface area contributed by atoms with Gasteiger partial charge in [-0.25, -0.2) is 9.98 Å². The molecular formula is C16H25IN6O2. The van der Waals surface area contributed by atoms with Gasteiger partial charge in [-0.15, -0.1) is 29.1 Å². The molecule has 8 nitrogen and oxygen atoms in total. The molecule has 3 rings (SSSR count). The summed E-state index contributed by atoms with van der Waals surface area (Å²) in [6, 6.07) is 3.65. The maximum atomic E-state index is 5.30. The lowest BCUT2D eigenvalue weighted by molar-refractivity contribution is 0.157. The number of H-pyrrole nitrogens is 1. The zero-order chi connectivity index (χ0) is 16.8. The third kappa shape index (κ3) is 5.18. The highest BCUT2D eigenvalue weighted by Crippen LogP contribution is 2.17. The van der Waals surface area contributed by atoms with E-state index in [2.05, 4.69) is 37.3 Å². The Hall–Kier alpha value is -1.62. The lowest BCUT2D eigenvalue weighted by Gasteiger charge is -2.21. The number of aromatic nitrogens is 3. The summed E-state index contributed by atoms with van der Waals surface area (Å²) in [5.41, 5.74) is 0. The number of nitrogens with zero attached hydrogens (tertiary/aromatic N) is 4. The Morgan fingerprint density at radius 2 is 2.44 bits per heavy atom. The van der Waals surface area contributed by atoms with E-state index in [9.17, 15) is 0 Å². The van der Waals surface area contributed by atoms with Crippen molar-refractivity contribution in [3.63, 3.8) is 0 Å². The van der Waals surface area contributed by atoms with E-state index >= 15 is 0 Å². The number of aliphatic imine (C=N–C) groups is 1. The first kappa shape index (κ1) is 19.7. The molecule has 0 amide bonds. The molecule has 1 fully saturated rings. The minimum absolute atomic E-state index is 0. The van der Waals surface area contributed by atoms with Gasteiger partial charge in [-0.1, -0.05) is 0 Å². The van der Waals surface area contributed by atoms with Crippen LogP contribution in [0, 0.1) is 5.92 Å². The molecule has 9 heteroatoms. The maximum absolute atomic E-state index is 5.30. The second kappa shape index (κ2) is 9.76. The van der Waals surface area contributed by atoms with Gasteiger partial charge in [0.15, 0.2) is 11.7 Å². The average Bonchev–Trinajstić information content (AvgIpc) is 3.32. The molecule has 3 heterocycles. The fourth-order valence-electron chi connectivity index (χ4n) is 2.85. The van der Waals surface area contributed by atoms with Crippen molar-refractivity contribution in [1.82, 2.24) is 25.4 Å². The van der Waals surface area contributed by atoms with Gasteiger partial charge in [-0.05, 0) is 25.5 Å². The Morgan fingerprint density at radius 3 is 3.16 bits per heavy atom. The Kier molecular flexibility index (Phi) is 7.69. The molecule has 2 N–H and O–H groups in total. The predicted molar refractivity (Wildman–Crippen MR) is 106 cm³/mol. The highest BCUT2D eigenvalue weighted by molar-refractivity contribution is 14.0. The lowest BCUT2D eigenvalue weighted by atomic mass is 10.1. The summed E-state index contributed by atoms with van der Waals surface area (Å²) in [5.74, 6) is 3.39. The van der Waals surface area contributed by atoms with Crippen LogP contribution in [0.2, 0.25) is 0 Å². The van der Waals surface area contributed by atoms with Crippen LogP contribution in [0.25, 0.3) is 11.6 Å². The van der Waals surface area contributed by atoms with E-state index < -0.39 is 0 Å². The standard InChI is InChI=1S/C16H24N6O2.HI/c1-3-17-16(22-7-6-12(10-22)11-23-2)18-9-14-19-15(21-20-14)13-5-4-8-24-13;/h4-5,8,12H,3,6-7,9-11H2,1-2H3,(H,17,18)(H,19,20,21);1H. The van der Waals surface area contributed by atoms with E-state index in [0.29, 0.717) is 29.9 Å². The number of halogens is 1. The SMILES string of the molecule is CCNC(=NCc1nc(-c2ccco2)n[nH]1)N1CCC(COC)C1.I. The molecular weight excluding hydrogens is 435 g/mol. The molecule has 2 aromatic heterocycles. The summed E-state index contributed by atoms with van der Waals surface area (Å²) in [6.07, 6.45) is 2.74. The molecule has 1 unspecified atom stereocenters. The van der Waals surface area contributed by atoms with Crippen LogP contribution in [-0.4, -0.2) is 59.4 Å². The zero-order valence-electron chi connectivity index (χ0n) is 14.6. The van der Waals surface area contributed by atoms with Gasteiger partial charge in [0.25, 0.3) is 0 Å². The van der Waals surface area contributed by atoms with E-state index in [1.165, 1.54) is 0 Å². The van der Waals surface area contributed by atoms with E-state index in [4.69, 9.17) is 9.15 Å². The number of ether oxygens (including phenoxy) is 1. The normalized spacial score (nSPS) is 17.6. The molecule has 0 bridgehead atoms. The first-order valence-corrected chi connectivity index (χ1v) is 8.27. The molecule has 1 saturated heterocycles. The molecule has 138 valence electrons. The zero-order valence-corrected chi connectivity index (χ0v) is 16.9. The fraction of sp³-hybridized carbons (Fsp3) is 0.562. The Labute approximate surface area is 164 Å². The second-order valence-corrected chi connectivity index (χ2v) is 5.81. The Balaban J connectivity index is 0.00000225. The van der Waals surface area contributed by atoms with E-state index in [0.717, 1.165) is 38.6 Å². The van der Waals surface area contributed by atoms with Crippen molar-refractivity contribution in [1.29, 1.82) is 0 Å². The van der Waals surface area contributed by atoms with Gasteiger partial charge in [-0.2, -0.15) is 0 Å². The van der Waals surface area contributed by atoms with Crippen molar-refractivity contribution >= 4 is 29.9 Å². The summed E-state index contributed by atoms with van der Waals surface area (Å²) in [7, 11) is 1.75. The Bertz CT molecular complexity index is 657. The van der Waals surface area contributed by atoms with Crippen molar-refractivity contribution in [3.8, 4) is 11.6 Å². The van der Waals surface area contributed by atoms with Gasteiger partial charge in [0, 0.05) is 32.7 Å².